The first-order valence-corrected chi connectivity index (χ1v) is 6.31. The van der Waals surface area contributed by atoms with E-state index >= 15 is 0 Å². The van der Waals surface area contributed by atoms with Gasteiger partial charge in [-0.25, -0.2) is 27.3 Å². The summed E-state index contributed by atoms with van der Waals surface area (Å²) in [5, 5.41) is 12.7. The maximum atomic E-state index is 12.5. The van der Waals surface area contributed by atoms with Crippen molar-refractivity contribution in [1.82, 2.24) is 4.98 Å². The lowest BCUT2D eigenvalue weighted by Gasteiger charge is -2.06. The van der Waals surface area contributed by atoms with E-state index in [9.17, 15) is 17.2 Å². The minimum atomic E-state index is -4.18. The summed E-state index contributed by atoms with van der Waals surface area (Å²) in [5.74, 6) is 0. The van der Waals surface area contributed by atoms with Gasteiger partial charge in [0.2, 0.25) is 0 Å². The number of pyridine rings is 1. The maximum absolute atomic E-state index is 12.5. The van der Waals surface area contributed by atoms with Gasteiger partial charge >= 0.3 is 0 Å². The van der Waals surface area contributed by atoms with E-state index in [4.69, 9.17) is 10.4 Å². The molecule has 0 aliphatic heterocycles. The number of aromatic nitrogens is 1. The van der Waals surface area contributed by atoms with E-state index in [1.807, 2.05) is 0 Å². The molecule has 0 fully saturated rings. The number of hydrogen-bond acceptors (Lipinski definition) is 4. The van der Waals surface area contributed by atoms with Crippen molar-refractivity contribution < 1.29 is 17.2 Å². The molecule has 16 heavy (non-hydrogen) atoms. The summed E-state index contributed by atoms with van der Waals surface area (Å²) in [4.78, 5) is 3.22. The van der Waals surface area contributed by atoms with Crippen molar-refractivity contribution >= 4 is 32.6 Å². The summed E-state index contributed by atoms with van der Waals surface area (Å²) in [5.41, 5.74) is -1.25. The molecule has 0 amide bonds. The van der Waals surface area contributed by atoms with E-state index in [1.54, 1.807) is 22.6 Å². The van der Waals surface area contributed by atoms with Gasteiger partial charge in [0, 0.05) is 0 Å². The van der Waals surface area contributed by atoms with Gasteiger partial charge in [0.1, 0.15) is 11.8 Å². The summed E-state index contributed by atoms with van der Waals surface area (Å²) in [6.07, 6.45) is -3.04. The molecule has 0 aliphatic rings. The fourth-order valence-electron chi connectivity index (χ4n) is 0.941. The zero-order chi connectivity index (χ0) is 12.5. The van der Waals surface area contributed by atoms with E-state index in [2.05, 4.69) is 4.98 Å². The summed E-state index contributed by atoms with van der Waals surface area (Å²) in [6, 6.07) is 2.52. The number of nitrogens with two attached hydrogens (primary N) is 1. The number of primary sulfonamides is 1. The number of hydrogen-bond donors (Lipinski definition) is 1. The number of rotatable bonds is 2. The summed E-state index contributed by atoms with van der Waals surface area (Å²) < 4.78 is 47.0. The molecule has 5 nitrogen and oxygen atoms in total. The third kappa shape index (κ3) is 2.63. The third-order valence-corrected chi connectivity index (χ3v) is 3.61. The van der Waals surface area contributed by atoms with Crippen molar-refractivity contribution in [3.05, 3.63) is 20.9 Å². The minimum absolute atomic E-state index is 0.0288. The van der Waals surface area contributed by atoms with Crippen LogP contribution in [0.2, 0.25) is 0 Å². The largest absolute Gasteiger partial charge is 0.281 e. The Balaban J connectivity index is 3.60. The summed E-state index contributed by atoms with van der Waals surface area (Å²) in [6.45, 7) is 0. The third-order valence-electron chi connectivity index (χ3n) is 1.57. The van der Waals surface area contributed by atoms with Crippen LogP contribution in [0.4, 0.5) is 8.78 Å². The molecule has 9 heteroatoms. The second-order valence-electron chi connectivity index (χ2n) is 2.67. The Hall–Kier alpha value is -0.860. The highest BCUT2D eigenvalue weighted by molar-refractivity contribution is 14.1. The van der Waals surface area contributed by atoms with E-state index in [0.717, 1.165) is 6.07 Å². The monoisotopic (exact) mass is 359 g/mol. The highest BCUT2D eigenvalue weighted by Crippen LogP contribution is 2.25. The first kappa shape index (κ1) is 13.2. The van der Waals surface area contributed by atoms with Crippen molar-refractivity contribution in [2.24, 2.45) is 5.14 Å². The van der Waals surface area contributed by atoms with E-state index in [1.165, 1.54) is 6.07 Å². The van der Waals surface area contributed by atoms with Gasteiger partial charge in [0.25, 0.3) is 16.4 Å². The molecule has 1 rings (SSSR count). The van der Waals surface area contributed by atoms with Crippen molar-refractivity contribution in [3.8, 4) is 6.07 Å². The Morgan fingerprint density at radius 3 is 2.50 bits per heavy atom. The summed E-state index contributed by atoms with van der Waals surface area (Å²) >= 11 is 1.56. The molecule has 0 radical (unpaired) electrons. The Morgan fingerprint density at radius 1 is 1.56 bits per heavy atom. The highest BCUT2D eigenvalue weighted by atomic mass is 127. The molecule has 1 heterocycles. The number of alkyl halides is 2. The molecule has 0 atom stereocenters. The van der Waals surface area contributed by atoms with Crippen molar-refractivity contribution in [3.63, 3.8) is 0 Å². The van der Waals surface area contributed by atoms with Crippen LogP contribution in [-0.2, 0) is 10.0 Å². The van der Waals surface area contributed by atoms with Gasteiger partial charge in [-0.1, -0.05) is 0 Å². The first-order valence-electron chi connectivity index (χ1n) is 3.69. The zero-order valence-corrected chi connectivity index (χ0v) is 10.5. The second kappa shape index (κ2) is 4.56. The maximum Gasteiger partial charge on any atom is 0.281 e. The molecule has 0 aromatic carbocycles. The first-order chi connectivity index (χ1) is 7.27. The van der Waals surface area contributed by atoms with Crippen LogP contribution in [0.15, 0.2) is 11.1 Å². The fourth-order valence-corrected chi connectivity index (χ4v) is 2.85. The minimum Gasteiger partial charge on any atom is -0.232 e. The SMILES string of the molecule is N#Cc1cc(I)c(S(N)(=O)=O)nc1C(F)F. The molecular formula is C7H4F2IN3O2S. The lowest BCUT2D eigenvalue weighted by Crippen LogP contribution is -2.17. The Morgan fingerprint density at radius 2 is 2.12 bits per heavy atom. The van der Waals surface area contributed by atoms with Crippen LogP contribution in [-0.4, -0.2) is 13.4 Å². The van der Waals surface area contributed by atoms with Crippen LogP contribution in [0.1, 0.15) is 17.7 Å². The van der Waals surface area contributed by atoms with Crippen LogP contribution in [0.3, 0.4) is 0 Å². The van der Waals surface area contributed by atoms with E-state index in [0.29, 0.717) is 0 Å². The molecule has 1 aromatic heterocycles. The molecular weight excluding hydrogens is 355 g/mol. The van der Waals surface area contributed by atoms with Gasteiger partial charge in [-0.2, -0.15) is 5.26 Å². The van der Waals surface area contributed by atoms with Crippen molar-refractivity contribution in [2.45, 2.75) is 11.5 Å². The molecule has 0 aliphatic carbocycles. The van der Waals surface area contributed by atoms with Gasteiger partial charge in [-0.05, 0) is 28.7 Å². The molecule has 2 N–H and O–H groups in total. The Bertz CT molecular complexity index is 568. The zero-order valence-electron chi connectivity index (χ0n) is 7.49. The normalized spacial score (nSPS) is 11.5. The fraction of sp³-hybridized carbons (Fsp3) is 0.143. The molecule has 0 saturated carbocycles. The number of sulfonamides is 1. The lowest BCUT2D eigenvalue weighted by molar-refractivity contribution is 0.145. The predicted molar refractivity (Wildman–Crippen MR) is 58.0 cm³/mol. The van der Waals surface area contributed by atoms with Crippen LogP contribution in [0.5, 0.6) is 0 Å². The quantitative estimate of drug-likeness (QED) is 0.801. The Kier molecular flexibility index (Phi) is 3.76. The van der Waals surface area contributed by atoms with Gasteiger partial charge in [-0.3, -0.25) is 0 Å². The standard InChI is InChI=1S/C7H4F2IN3O2S/c8-6(9)5-3(2-11)1-4(10)7(13-5)16(12,14)15/h1,6H,(H2,12,14,15). The molecule has 1 aromatic rings. The average Bonchev–Trinajstić information content (AvgIpc) is 2.14. The van der Waals surface area contributed by atoms with Gasteiger partial charge in [0.05, 0.1) is 9.13 Å². The lowest BCUT2D eigenvalue weighted by atomic mass is 10.2. The van der Waals surface area contributed by atoms with E-state index < -0.39 is 27.2 Å². The van der Waals surface area contributed by atoms with Gasteiger partial charge in [0.15, 0.2) is 5.03 Å². The van der Waals surface area contributed by atoms with Crippen LogP contribution < -0.4 is 5.14 Å². The topological polar surface area (TPSA) is 96.8 Å². The van der Waals surface area contributed by atoms with Crippen molar-refractivity contribution in [2.75, 3.05) is 0 Å². The number of halogens is 3. The van der Waals surface area contributed by atoms with Crippen LogP contribution in [0.25, 0.3) is 0 Å². The molecule has 0 bridgehead atoms. The molecule has 0 unspecified atom stereocenters. The van der Waals surface area contributed by atoms with Gasteiger partial charge < -0.3 is 0 Å². The van der Waals surface area contributed by atoms with Crippen LogP contribution in [0, 0.1) is 14.9 Å². The number of nitriles is 1. The van der Waals surface area contributed by atoms with Crippen LogP contribution >= 0.6 is 22.6 Å². The predicted octanol–water partition coefficient (Wildman–Crippen LogP) is 1.14. The smallest absolute Gasteiger partial charge is 0.232 e. The average molecular weight is 359 g/mol. The van der Waals surface area contributed by atoms with E-state index in [-0.39, 0.29) is 9.13 Å². The Labute approximate surface area is 103 Å². The second-order valence-corrected chi connectivity index (χ2v) is 5.30. The highest BCUT2D eigenvalue weighted by Gasteiger charge is 2.22. The molecule has 0 saturated heterocycles. The number of nitrogens with zero attached hydrogens (tertiary/aromatic N) is 2. The summed E-state index contributed by atoms with van der Waals surface area (Å²) in [7, 11) is -4.18. The molecule has 0 spiro atoms. The van der Waals surface area contributed by atoms with Crippen molar-refractivity contribution in [1.29, 1.82) is 5.26 Å². The molecule has 86 valence electrons. The van der Waals surface area contributed by atoms with Gasteiger partial charge in [-0.15, -0.1) is 0 Å².